The third kappa shape index (κ3) is 4.81. The molecule has 0 fully saturated rings. The number of carbonyl (C=O) groups is 1. The highest BCUT2D eigenvalue weighted by molar-refractivity contribution is 5.92. The minimum absolute atomic E-state index is 0.0518. The molecule has 0 aromatic heterocycles. The standard InChI is InChI=1S/C17H22N2O3/c1-13(2)19(11-5-10-18)17(20)9-7-14-6-8-15(21-3)16(12-14)22-4/h6-9,12-13H,5,11H2,1-4H3. The Labute approximate surface area is 131 Å². The van der Waals surface area contributed by atoms with Gasteiger partial charge in [-0.15, -0.1) is 0 Å². The van der Waals surface area contributed by atoms with Gasteiger partial charge in [0, 0.05) is 18.7 Å². The number of benzene rings is 1. The second kappa shape index (κ2) is 8.73. The Balaban J connectivity index is 2.86. The fraction of sp³-hybridized carbons (Fsp3) is 0.412. The molecule has 0 atom stereocenters. The minimum atomic E-state index is -0.111. The Hall–Kier alpha value is -2.48. The molecule has 5 heteroatoms. The van der Waals surface area contributed by atoms with E-state index in [4.69, 9.17) is 14.7 Å². The largest absolute Gasteiger partial charge is 0.493 e. The van der Waals surface area contributed by atoms with Crippen LogP contribution in [-0.4, -0.2) is 37.6 Å². The molecule has 1 amide bonds. The maximum Gasteiger partial charge on any atom is 0.246 e. The highest BCUT2D eigenvalue weighted by atomic mass is 16.5. The van der Waals surface area contributed by atoms with E-state index in [9.17, 15) is 4.79 Å². The zero-order valence-electron chi connectivity index (χ0n) is 13.5. The van der Waals surface area contributed by atoms with Crippen molar-refractivity contribution in [3.63, 3.8) is 0 Å². The topological polar surface area (TPSA) is 62.6 Å². The number of methoxy groups -OCH3 is 2. The first kappa shape index (κ1) is 17.6. The van der Waals surface area contributed by atoms with E-state index in [-0.39, 0.29) is 11.9 Å². The quantitative estimate of drug-likeness (QED) is 0.727. The molecule has 5 nitrogen and oxygen atoms in total. The van der Waals surface area contributed by atoms with Crippen LogP contribution < -0.4 is 9.47 Å². The van der Waals surface area contributed by atoms with Gasteiger partial charge in [0.2, 0.25) is 5.91 Å². The molecule has 0 saturated heterocycles. The molecule has 0 heterocycles. The molecule has 0 N–H and O–H groups in total. The van der Waals surface area contributed by atoms with Gasteiger partial charge in [-0.1, -0.05) is 6.07 Å². The number of ether oxygens (including phenoxy) is 2. The van der Waals surface area contributed by atoms with Crippen LogP contribution in [0.25, 0.3) is 6.08 Å². The van der Waals surface area contributed by atoms with E-state index in [1.54, 1.807) is 37.3 Å². The van der Waals surface area contributed by atoms with Gasteiger partial charge in [-0.25, -0.2) is 0 Å². The summed E-state index contributed by atoms with van der Waals surface area (Å²) in [5.74, 6) is 1.14. The molecule has 0 bridgehead atoms. The van der Waals surface area contributed by atoms with Crippen LogP contribution in [0.2, 0.25) is 0 Å². The predicted molar refractivity (Wildman–Crippen MR) is 85.7 cm³/mol. The summed E-state index contributed by atoms with van der Waals surface area (Å²) in [6.07, 6.45) is 3.57. The van der Waals surface area contributed by atoms with E-state index >= 15 is 0 Å². The molecule has 0 radical (unpaired) electrons. The molecule has 1 aromatic rings. The van der Waals surface area contributed by atoms with Crippen molar-refractivity contribution in [2.24, 2.45) is 0 Å². The molecule has 0 aliphatic carbocycles. The number of nitriles is 1. The van der Waals surface area contributed by atoms with Crippen LogP contribution in [0.5, 0.6) is 11.5 Å². The first-order chi connectivity index (χ1) is 10.5. The van der Waals surface area contributed by atoms with E-state index < -0.39 is 0 Å². The average molecular weight is 302 g/mol. The lowest BCUT2D eigenvalue weighted by atomic mass is 10.1. The van der Waals surface area contributed by atoms with Gasteiger partial charge < -0.3 is 14.4 Å². The van der Waals surface area contributed by atoms with Crippen LogP contribution in [-0.2, 0) is 4.79 Å². The lowest BCUT2D eigenvalue weighted by Crippen LogP contribution is -2.36. The normalized spacial score (nSPS) is 10.5. The first-order valence-electron chi connectivity index (χ1n) is 7.11. The number of hydrogen-bond donors (Lipinski definition) is 0. The van der Waals surface area contributed by atoms with Crippen LogP contribution in [0, 0.1) is 11.3 Å². The maximum absolute atomic E-state index is 12.2. The third-order valence-corrected chi connectivity index (χ3v) is 3.20. The van der Waals surface area contributed by atoms with Gasteiger partial charge in [-0.05, 0) is 37.6 Å². The number of rotatable bonds is 7. The molecular formula is C17H22N2O3. The zero-order chi connectivity index (χ0) is 16.5. The molecule has 0 spiro atoms. The Morgan fingerprint density at radius 2 is 2.00 bits per heavy atom. The molecule has 0 aliphatic heterocycles. The fourth-order valence-electron chi connectivity index (χ4n) is 2.01. The smallest absolute Gasteiger partial charge is 0.246 e. The van der Waals surface area contributed by atoms with Crippen molar-refractivity contribution in [3.8, 4) is 17.6 Å². The number of hydrogen-bond acceptors (Lipinski definition) is 4. The van der Waals surface area contributed by atoms with Crippen molar-refractivity contribution in [3.05, 3.63) is 29.8 Å². The van der Waals surface area contributed by atoms with E-state index in [0.29, 0.717) is 24.5 Å². The summed E-state index contributed by atoms with van der Waals surface area (Å²) in [6.45, 7) is 4.29. The number of nitrogens with zero attached hydrogens (tertiary/aromatic N) is 2. The molecule has 0 aliphatic rings. The Kier molecular flexibility index (Phi) is 6.97. The lowest BCUT2D eigenvalue weighted by Gasteiger charge is -2.24. The molecule has 1 aromatic carbocycles. The number of carbonyl (C=O) groups excluding carboxylic acids is 1. The van der Waals surface area contributed by atoms with Crippen molar-refractivity contribution >= 4 is 12.0 Å². The van der Waals surface area contributed by atoms with Gasteiger partial charge in [0.25, 0.3) is 0 Å². The van der Waals surface area contributed by atoms with E-state index in [1.165, 1.54) is 6.08 Å². The van der Waals surface area contributed by atoms with E-state index in [1.807, 2.05) is 19.9 Å². The van der Waals surface area contributed by atoms with Gasteiger partial charge >= 0.3 is 0 Å². The maximum atomic E-state index is 12.2. The second-order valence-corrected chi connectivity index (χ2v) is 4.98. The molecule has 0 saturated carbocycles. The van der Waals surface area contributed by atoms with E-state index in [2.05, 4.69) is 6.07 Å². The van der Waals surface area contributed by atoms with Crippen LogP contribution in [0.4, 0.5) is 0 Å². The van der Waals surface area contributed by atoms with Gasteiger partial charge in [0.1, 0.15) is 0 Å². The molecule has 118 valence electrons. The fourth-order valence-corrected chi connectivity index (χ4v) is 2.01. The van der Waals surface area contributed by atoms with Crippen LogP contribution in [0.15, 0.2) is 24.3 Å². The Bertz CT molecular complexity index is 574. The summed E-state index contributed by atoms with van der Waals surface area (Å²) >= 11 is 0. The summed E-state index contributed by atoms with van der Waals surface area (Å²) in [7, 11) is 3.14. The predicted octanol–water partition coefficient (Wildman–Crippen LogP) is 2.87. The van der Waals surface area contributed by atoms with Crippen molar-refractivity contribution in [2.45, 2.75) is 26.3 Å². The van der Waals surface area contributed by atoms with Gasteiger partial charge in [-0.2, -0.15) is 5.26 Å². The van der Waals surface area contributed by atoms with Crippen molar-refractivity contribution in [1.82, 2.24) is 4.90 Å². The third-order valence-electron chi connectivity index (χ3n) is 3.20. The Morgan fingerprint density at radius 3 is 2.55 bits per heavy atom. The summed E-state index contributed by atoms with van der Waals surface area (Å²) in [6, 6.07) is 7.55. The van der Waals surface area contributed by atoms with E-state index in [0.717, 1.165) is 5.56 Å². The van der Waals surface area contributed by atoms with Crippen molar-refractivity contribution in [2.75, 3.05) is 20.8 Å². The highest BCUT2D eigenvalue weighted by Gasteiger charge is 2.13. The highest BCUT2D eigenvalue weighted by Crippen LogP contribution is 2.27. The van der Waals surface area contributed by atoms with Crippen LogP contribution >= 0.6 is 0 Å². The van der Waals surface area contributed by atoms with Crippen molar-refractivity contribution in [1.29, 1.82) is 5.26 Å². The van der Waals surface area contributed by atoms with Crippen LogP contribution in [0.1, 0.15) is 25.8 Å². The van der Waals surface area contributed by atoms with Gasteiger partial charge in [-0.3, -0.25) is 4.79 Å². The summed E-state index contributed by atoms with van der Waals surface area (Å²) in [5.41, 5.74) is 0.843. The monoisotopic (exact) mass is 302 g/mol. The molecule has 22 heavy (non-hydrogen) atoms. The molecule has 0 unspecified atom stereocenters. The summed E-state index contributed by atoms with van der Waals surface area (Å²) in [4.78, 5) is 13.9. The van der Waals surface area contributed by atoms with Gasteiger partial charge in [0.05, 0.1) is 26.7 Å². The SMILES string of the molecule is COc1ccc(C=CC(=O)N(CCC#N)C(C)C)cc1OC. The van der Waals surface area contributed by atoms with Crippen molar-refractivity contribution < 1.29 is 14.3 Å². The Morgan fingerprint density at radius 1 is 1.32 bits per heavy atom. The first-order valence-corrected chi connectivity index (χ1v) is 7.11. The molecule has 1 rings (SSSR count). The summed E-state index contributed by atoms with van der Waals surface area (Å²) in [5, 5.41) is 8.66. The average Bonchev–Trinajstić information content (AvgIpc) is 2.52. The van der Waals surface area contributed by atoms with Gasteiger partial charge in [0.15, 0.2) is 11.5 Å². The number of amides is 1. The zero-order valence-corrected chi connectivity index (χ0v) is 13.5. The minimum Gasteiger partial charge on any atom is -0.493 e. The summed E-state index contributed by atoms with van der Waals surface area (Å²) < 4.78 is 10.4. The second-order valence-electron chi connectivity index (χ2n) is 4.98. The molecular weight excluding hydrogens is 280 g/mol. The lowest BCUT2D eigenvalue weighted by molar-refractivity contribution is -0.127. The van der Waals surface area contributed by atoms with Crippen LogP contribution in [0.3, 0.4) is 0 Å².